The number of nitrogens with one attached hydrogen (secondary N) is 1. The number of nitrogens with two attached hydrogens (primary N) is 1. The lowest BCUT2D eigenvalue weighted by atomic mass is 10.2. The molecule has 0 aliphatic heterocycles. The van der Waals surface area contributed by atoms with E-state index in [9.17, 15) is 18.0 Å². The molecular weight excluding hydrogens is 450 g/mol. The van der Waals surface area contributed by atoms with E-state index in [2.05, 4.69) is 5.32 Å². The first-order chi connectivity index (χ1) is 15.3. The number of aromatic nitrogens is 1. The van der Waals surface area contributed by atoms with E-state index in [1.54, 1.807) is 41.0 Å². The fourth-order valence-corrected chi connectivity index (χ4v) is 4.97. The maximum atomic E-state index is 13.2. The fourth-order valence-electron chi connectivity index (χ4n) is 3.37. The second-order valence-corrected chi connectivity index (χ2v) is 9.44. The first-order valence-electron chi connectivity index (χ1n) is 9.54. The van der Waals surface area contributed by atoms with Gasteiger partial charge in [-0.25, -0.2) is 8.42 Å². The highest BCUT2D eigenvalue weighted by Crippen LogP contribution is 2.30. The van der Waals surface area contributed by atoms with Crippen LogP contribution in [0.15, 0.2) is 88.8 Å². The summed E-state index contributed by atoms with van der Waals surface area (Å²) in [5.74, 6) is -0.913. The van der Waals surface area contributed by atoms with E-state index in [-0.39, 0.29) is 22.2 Å². The maximum absolute atomic E-state index is 13.2. The molecule has 0 saturated heterocycles. The highest BCUT2D eigenvalue weighted by Gasteiger charge is 2.24. The molecule has 9 heteroatoms. The molecule has 4 rings (SSSR count). The zero-order valence-electron chi connectivity index (χ0n) is 16.7. The Balaban J connectivity index is 1.65. The number of anilines is 1. The second kappa shape index (κ2) is 8.49. The van der Waals surface area contributed by atoms with Gasteiger partial charge < -0.3 is 15.6 Å². The molecule has 0 atom stereocenters. The molecular formula is C23H18ClN3O4S. The molecule has 1 heterocycles. The van der Waals surface area contributed by atoms with Gasteiger partial charge in [-0.15, -0.1) is 0 Å². The van der Waals surface area contributed by atoms with Crippen LogP contribution in [0.2, 0.25) is 5.02 Å². The number of carbonyl (C=O) groups excluding carboxylic acids is 2. The van der Waals surface area contributed by atoms with Crippen molar-refractivity contribution in [3.63, 3.8) is 0 Å². The number of halogens is 1. The number of fused-ring (bicyclic) bond motifs is 1. The molecule has 3 N–H and O–H groups in total. The molecule has 0 fully saturated rings. The van der Waals surface area contributed by atoms with Gasteiger partial charge in [0.25, 0.3) is 0 Å². The monoisotopic (exact) mass is 467 g/mol. The van der Waals surface area contributed by atoms with Gasteiger partial charge in [-0.3, -0.25) is 9.59 Å². The molecule has 3 aromatic carbocycles. The Morgan fingerprint density at radius 3 is 2.25 bits per heavy atom. The van der Waals surface area contributed by atoms with Gasteiger partial charge in [0.1, 0.15) is 6.54 Å². The van der Waals surface area contributed by atoms with Crippen molar-refractivity contribution in [2.45, 2.75) is 16.3 Å². The van der Waals surface area contributed by atoms with Crippen molar-refractivity contribution in [2.24, 2.45) is 5.73 Å². The van der Waals surface area contributed by atoms with Crippen molar-refractivity contribution in [2.75, 3.05) is 5.32 Å². The van der Waals surface area contributed by atoms with E-state index in [1.165, 1.54) is 42.6 Å². The predicted molar refractivity (Wildman–Crippen MR) is 122 cm³/mol. The van der Waals surface area contributed by atoms with E-state index < -0.39 is 15.7 Å². The summed E-state index contributed by atoms with van der Waals surface area (Å²) in [5.41, 5.74) is 6.65. The summed E-state index contributed by atoms with van der Waals surface area (Å²) in [6.45, 7) is -0.103. The lowest BCUT2D eigenvalue weighted by Crippen LogP contribution is -2.18. The molecule has 0 aliphatic rings. The number of hydrogen-bond donors (Lipinski definition) is 2. The van der Waals surface area contributed by atoms with Gasteiger partial charge in [0.05, 0.1) is 9.79 Å². The lowest BCUT2D eigenvalue weighted by Gasteiger charge is -2.08. The number of nitrogens with zero attached hydrogens (tertiary/aromatic N) is 1. The third kappa shape index (κ3) is 4.23. The van der Waals surface area contributed by atoms with Crippen LogP contribution in [0, 0.1) is 0 Å². The Labute approximate surface area is 189 Å². The Bertz CT molecular complexity index is 1430. The SMILES string of the molecule is NC(=O)c1ccc(NC(=O)Cn2cc(S(=O)(=O)c3ccc(Cl)cc3)c3ccccc32)cc1. The quantitative estimate of drug-likeness (QED) is 0.448. The molecule has 0 spiro atoms. The minimum atomic E-state index is -3.82. The zero-order valence-corrected chi connectivity index (χ0v) is 18.2. The summed E-state index contributed by atoms with van der Waals surface area (Å²) in [4.78, 5) is 24.0. The summed E-state index contributed by atoms with van der Waals surface area (Å²) >= 11 is 5.89. The molecule has 7 nitrogen and oxygen atoms in total. The van der Waals surface area contributed by atoms with Crippen molar-refractivity contribution < 1.29 is 18.0 Å². The van der Waals surface area contributed by atoms with E-state index in [4.69, 9.17) is 17.3 Å². The average Bonchev–Trinajstić information content (AvgIpc) is 3.13. The predicted octanol–water partition coefficient (Wildman–Crippen LogP) is 3.87. The van der Waals surface area contributed by atoms with Crippen LogP contribution in [-0.4, -0.2) is 24.8 Å². The van der Waals surface area contributed by atoms with Crippen molar-refractivity contribution in [3.05, 3.63) is 89.6 Å². The third-order valence-electron chi connectivity index (χ3n) is 4.93. The summed E-state index contributed by atoms with van der Waals surface area (Å²) in [6, 6.07) is 19.1. The number of sulfone groups is 1. The fraction of sp³-hybridized carbons (Fsp3) is 0.0435. The van der Waals surface area contributed by atoms with Gasteiger partial charge in [-0.1, -0.05) is 29.8 Å². The molecule has 0 radical (unpaired) electrons. The first-order valence-corrected chi connectivity index (χ1v) is 11.4. The first kappa shape index (κ1) is 21.6. The number of amides is 2. The second-order valence-electron chi connectivity index (χ2n) is 7.09. The number of hydrogen-bond acceptors (Lipinski definition) is 4. The molecule has 4 aromatic rings. The smallest absolute Gasteiger partial charge is 0.248 e. The van der Waals surface area contributed by atoms with E-state index in [0.29, 0.717) is 27.2 Å². The summed E-state index contributed by atoms with van der Waals surface area (Å²) in [5, 5.41) is 3.68. The molecule has 2 amide bonds. The van der Waals surface area contributed by atoms with Crippen molar-refractivity contribution in [1.29, 1.82) is 0 Å². The summed E-state index contributed by atoms with van der Waals surface area (Å²) < 4.78 is 28.1. The molecule has 162 valence electrons. The maximum Gasteiger partial charge on any atom is 0.248 e. The van der Waals surface area contributed by atoms with Gasteiger partial charge in [0, 0.05) is 33.4 Å². The largest absolute Gasteiger partial charge is 0.366 e. The topological polar surface area (TPSA) is 111 Å². The Kier molecular flexibility index (Phi) is 5.73. The van der Waals surface area contributed by atoms with Crippen molar-refractivity contribution in [3.8, 4) is 0 Å². The van der Waals surface area contributed by atoms with Crippen molar-refractivity contribution in [1.82, 2.24) is 4.57 Å². The highest BCUT2D eigenvalue weighted by molar-refractivity contribution is 7.91. The lowest BCUT2D eigenvalue weighted by molar-refractivity contribution is -0.116. The van der Waals surface area contributed by atoms with Crippen LogP contribution in [0.25, 0.3) is 10.9 Å². The van der Waals surface area contributed by atoms with Gasteiger partial charge in [0.2, 0.25) is 21.7 Å². The number of primary amides is 1. The third-order valence-corrected chi connectivity index (χ3v) is 6.98. The van der Waals surface area contributed by atoms with Crippen LogP contribution in [-0.2, 0) is 21.2 Å². The molecule has 0 saturated carbocycles. The van der Waals surface area contributed by atoms with Gasteiger partial charge >= 0.3 is 0 Å². The molecule has 0 aliphatic carbocycles. The van der Waals surface area contributed by atoms with E-state index >= 15 is 0 Å². The number of rotatable bonds is 6. The Morgan fingerprint density at radius 1 is 0.938 bits per heavy atom. The van der Waals surface area contributed by atoms with Gasteiger partial charge in [0.15, 0.2) is 0 Å². The van der Waals surface area contributed by atoms with E-state index in [1.807, 2.05) is 0 Å². The molecule has 0 bridgehead atoms. The highest BCUT2D eigenvalue weighted by atomic mass is 35.5. The molecule has 0 unspecified atom stereocenters. The van der Waals surface area contributed by atoms with Crippen LogP contribution >= 0.6 is 11.6 Å². The molecule has 1 aromatic heterocycles. The van der Waals surface area contributed by atoms with Gasteiger partial charge in [-0.2, -0.15) is 0 Å². The van der Waals surface area contributed by atoms with Crippen LogP contribution < -0.4 is 11.1 Å². The Hall–Kier alpha value is -3.62. The normalized spacial score (nSPS) is 11.4. The van der Waals surface area contributed by atoms with Crippen molar-refractivity contribution >= 4 is 49.8 Å². The standard InChI is InChI=1S/C23H18ClN3O4S/c24-16-7-11-18(12-8-16)32(30,31)21-13-27(20-4-2-1-3-19(20)21)14-22(28)26-17-9-5-15(6-10-17)23(25)29/h1-13H,14H2,(H2,25,29)(H,26,28). The van der Waals surface area contributed by atoms with E-state index in [0.717, 1.165) is 0 Å². The van der Waals surface area contributed by atoms with Gasteiger partial charge in [-0.05, 0) is 54.6 Å². The minimum absolute atomic E-state index is 0.103. The minimum Gasteiger partial charge on any atom is -0.366 e. The number of carbonyl (C=O) groups is 2. The van der Waals surface area contributed by atoms with Crippen LogP contribution in [0.1, 0.15) is 10.4 Å². The Morgan fingerprint density at radius 2 is 1.59 bits per heavy atom. The van der Waals surface area contributed by atoms with Crippen LogP contribution in [0.5, 0.6) is 0 Å². The number of para-hydroxylation sites is 1. The number of benzene rings is 3. The van der Waals surface area contributed by atoms with Crippen LogP contribution in [0.3, 0.4) is 0 Å². The summed E-state index contributed by atoms with van der Waals surface area (Å²) in [7, 11) is -3.82. The zero-order chi connectivity index (χ0) is 22.9. The molecule has 32 heavy (non-hydrogen) atoms. The summed E-state index contributed by atoms with van der Waals surface area (Å²) in [6.07, 6.45) is 1.46. The van der Waals surface area contributed by atoms with Crippen LogP contribution in [0.4, 0.5) is 5.69 Å². The average molecular weight is 468 g/mol.